The van der Waals surface area contributed by atoms with E-state index >= 15 is 0 Å². The molecule has 0 aromatic heterocycles. The van der Waals surface area contributed by atoms with Crippen LogP contribution >= 0.6 is 0 Å². The van der Waals surface area contributed by atoms with Crippen molar-refractivity contribution in [2.75, 3.05) is 7.11 Å². The minimum absolute atomic E-state index is 0.117. The average molecular weight is 322 g/mol. The Morgan fingerprint density at radius 1 is 1.32 bits per heavy atom. The van der Waals surface area contributed by atoms with Crippen LogP contribution in [0.15, 0.2) is 24.3 Å². The monoisotopic (exact) mass is 322 g/mol. The zero-order valence-corrected chi connectivity index (χ0v) is 15.3. The van der Waals surface area contributed by atoms with Crippen LogP contribution in [0, 0.1) is 0 Å². The number of carbonyl (C=O) groups is 1. The van der Waals surface area contributed by atoms with Crippen molar-refractivity contribution in [2.24, 2.45) is 0 Å². The fourth-order valence-electron chi connectivity index (χ4n) is 1.71. The van der Waals surface area contributed by atoms with E-state index in [0.29, 0.717) is 12.4 Å². The number of hydrogen-bond acceptors (Lipinski definition) is 3. The van der Waals surface area contributed by atoms with Crippen molar-refractivity contribution in [3.05, 3.63) is 35.4 Å². The largest absolute Gasteiger partial charge is 0.496 e. The molecule has 22 heavy (non-hydrogen) atoms. The number of carboxylic acid groups (broad SMARTS) is 1. The number of rotatable bonds is 6. The number of ether oxygens (including phenoxy) is 1. The predicted octanol–water partition coefficient (Wildman–Crippen LogP) is 4.31. The molecule has 1 rings (SSSR count). The number of hydrogen-bond donors (Lipinski definition) is 1. The van der Waals surface area contributed by atoms with Crippen LogP contribution in [0.3, 0.4) is 0 Å². The molecule has 0 amide bonds. The van der Waals surface area contributed by atoms with Crippen molar-refractivity contribution in [2.45, 2.75) is 45.5 Å². The first kappa shape index (κ1) is 18.5. The predicted molar refractivity (Wildman–Crippen MR) is 91.6 cm³/mol. The van der Waals surface area contributed by atoms with Crippen molar-refractivity contribution in [3.8, 4) is 5.75 Å². The lowest BCUT2D eigenvalue weighted by Crippen LogP contribution is -2.40. The molecule has 0 aliphatic heterocycles. The van der Waals surface area contributed by atoms with Crippen LogP contribution in [0.4, 0.5) is 0 Å². The zero-order chi connectivity index (χ0) is 17.0. The Balaban J connectivity index is 3.09. The molecule has 1 aromatic carbocycles. The quantitative estimate of drug-likeness (QED) is 0.626. The Hall–Kier alpha value is -1.59. The molecule has 0 aliphatic rings. The molecule has 0 heterocycles. The van der Waals surface area contributed by atoms with Gasteiger partial charge >= 0.3 is 5.97 Å². The summed E-state index contributed by atoms with van der Waals surface area (Å²) >= 11 is 0. The fraction of sp³-hybridized carbons (Fsp3) is 0.471. The van der Waals surface area contributed by atoms with E-state index in [1.807, 2.05) is 18.2 Å². The van der Waals surface area contributed by atoms with Gasteiger partial charge in [-0.2, -0.15) is 0 Å². The van der Waals surface area contributed by atoms with E-state index in [9.17, 15) is 4.79 Å². The summed E-state index contributed by atoms with van der Waals surface area (Å²) in [5, 5.41) is 8.93. The van der Waals surface area contributed by atoms with E-state index < -0.39 is 14.3 Å². The summed E-state index contributed by atoms with van der Waals surface area (Å²) in [4.78, 5) is 10.7. The average Bonchev–Trinajstić information content (AvgIpc) is 2.41. The molecule has 0 aliphatic carbocycles. The lowest BCUT2D eigenvalue weighted by Gasteiger charge is -2.36. The highest BCUT2D eigenvalue weighted by Gasteiger charge is 2.37. The maximum Gasteiger partial charge on any atom is 0.328 e. The highest BCUT2D eigenvalue weighted by Crippen LogP contribution is 2.38. The smallest absolute Gasteiger partial charge is 0.328 e. The molecule has 4 nitrogen and oxygen atoms in total. The molecular weight excluding hydrogens is 296 g/mol. The summed E-state index contributed by atoms with van der Waals surface area (Å²) in [6.07, 6.45) is 2.71. The highest BCUT2D eigenvalue weighted by atomic mass is 28.4. The molecule has 0 radical (unpaired) electrons. The molecule has 1 aromatic rings. The maximum absolute atomic E-state index is 10.7. The summed E-state index contributed by atoms with van der Waals surface area (Å²) < 4.78 is 11.6. The van der Waals surface area contributed by atoms with Gasteiger partial charge in [0, 0.05) is 11.6 Å². The van der Waals surface area contributed by atoms with Crippen molar-refractivity contribution in [1.29, 1.82) is 0 Å². The standard InChI is InChI=1S/C17H26O4Si/c1-17(2,3)22(5,6)21-12-14-13(10-11-16(18)19)8-7-9-15(14)20-4/h7-11H,12H2,1-6H3,(H,18,19)/b11-10+. The van der Waals surface area contributed by atoms with Gasteiger partial charge in [0.2, 0.25) is 0 Å². The minimum atomic E-state index is -1.89. The Morgan fingerprint density at radius 3 is 2.45 bits per heavy atom. The molecule has 0 saturated heterocycles. The third kappa shape index (κ3) is 4.71. The summed E-state index contributed by atoms with van der Waals surface area (Å²) in [5.74, 6) is -0.259. The van der Waals surface area contributed by atoms with Crippen LogP contribution in [0.25, 0.3) is 6.08 Å². The third-order valence-electron chi connectivity index (χ3n) is 4.18. The second-order valence-electron chi connectivity index (χ2n) is 6.75. The van der Waals surface area contributed by atoms with Crippen LogP contribution in [-0.2, 0) is 15.8 Å². The first-order valence-electron chi connectivity index (χ1n) is 7.29. The Morgan fingerprint density at radius 2 is 1.95 bits per heavy atom. The Labute approximate surface area is 133 Å². The molecule has 0 unspecified atom stereocenters. The van der Waals surface area contributed by atoms with E-state index in [-0.39, 0.29) is 5.04 Å². The minimum Gasteiger partial charge on any atom is -0.496 e. The number of aliphatic carboxylic acids is 1. The van der Waals surface area contributed by atoms with E-state index in [1.54, 1.807) is 13.2 Å². The van der Waals surface area contributed by atoms with E-state index in [0.717, 1.165) is 17.2 Å². The molecule has 0 fully saturated rings. The van der Waals surface area contributed by atoms with E-state index in [1.165, 1.54) is 0 Å². The van der Waals surface area contributed by atoms with Crippen LogP contribution in [0.1, 0.15) is 31.9 Å². The SMILES string of the molecule is COc1cccc(/C=C/C(=O)O)c1CO[Si](C)(C)C(C)(C)C. The Bertz CT molecular complexity index is 556. The van der Waals surface area contributed by atoms with Gasteiger partial charge in [0.1, 0.15) is 5.75 Å². The van der Waals surface area contributed by atoms with E-state index in [4.69, 9.17) is 14.3 Å². The molecule has 1 N–H and O–H groups in total. The highest BCUT2D eigenvalue weighted by molar-refractivity contribution is 6.74. The maximum atomic E-state index is 10.7. The molecule has 0 spiro atoms. The molecule has 0 bridgehead atoms. The van der Waals surface area contributed by atoms with E-state index in [2.05, 4.69) is 33.9 Å². The lowest BCUT2D eigenvalue weighted by molar-refractivity contribution is -0.131. The van der Waals surface area contributed by atoms with Gasteiger partial charge in [0.15, 0.2) is 8.32 Å². The molecule has 0 atom stereocenters. The van der Waals surface area contributed by atoms with Gasteiger partial charge in [-0.1, -0.05) is 32.9 Å². The second-order valence-corrected chi connectivity index (χ2v) is 11.6. The normalized spacial score (nSPS) is 12.6. The first-order valence-corrected chi connectivity index (χ1v) is 10.2. The topological polar surface area (TPSA) is 55.8 Å². The third-order valence-corrected chi connectivity index (χ3v) is 8.66. The summed E-state index contributed by atoms with van der Waals surface area (Å²) in [7, 11) is -0.280. The zero-order valence-electron chi connectivity index (χ0n) is 14.3. The Kier molecular flexibility index (Phi) is 5.97. The van der Waals surface area contributed by atoms with Crippen molar-refractivity contribution in [3.63, 3.8) is 0 Å². The van der Waals surface area contributed by atoms with Gasteiger partial charge in [0.05, 0.1) is 13.7 Å². The van der Waals surface area contributed by atoms with Gasteiger partial charge in [0.25, 0.3) is 0 Å². The molecule has 0 saturated carbocycles. The van der Waals surface area contributed by atoms with Gasteiger partial charge < -0.3 is 14.3 Å². The van der Waals surface area contributed by atoms with Gasteiger partial charge in [-0.15, -0.1) is 0 Å². The lowest BCUT2D eigenvalue weighted by atomic mass is 10.1. The summed E-state index contributed by atoms with van der Waals surface area (Å²) in [6, 6.07) is 5.57. The summed E-state index contributed by atoms with van der Waals surface area (Å²) in [5.41, 5.74) is 1.69. The fourth-order valence-corrected chi connectivity index (χ4v) is 2.65. The van der Waals surface area contributed by atoms with Crippen molar-refractivity contribution < 1.29 is 19.1 Å². The van der Waals surface area contributed by atoms with Crippen LogP contribution in [0.2, 0.25) is 18.1 Å². The summed E-state index contributed by atoms with van der Waals surface area (Å²) in [6.45, 7) is 11.4. The van der Waals surface area contributed by atoms with Gasteiger partial charge in [-0.25, -0.2) is 4.79 Å². The number of methoxy groups -OCH3 is 1. The first-order chi connectivity index (χ1) is 10.1. The van der Waals surface area contributed by atoms with Crippen LogP contribution < -0.4 is 4.74 Å². The molecule has 5 heteroatoms. The molecule has 122 valence electrons. The van der Waals surface area contributed by atoms with Crippen molar-refractivity contribution in [1.82, 2.24) is 0 Å². The van der Waals surface area contributed by atoms with Crippen molar-refractivity contribution >= 4 is 20.4 Å². The second kappa shape index (κ2) is 7.11. The van der Waals surface area contributed by atoms with Gasteiger partial charge in [-0.3, -0.25) is 0 Å². The van der Waals surface area contributed by atoms with Gasteiger partial charge in [-0.05, 0) is 35.8 Å². The van der Waals surface area contributed by atoms with Crippen LogP contribution in [0.5, 0.6) is 5.75 Å². The molecular formula is C17H26O4Si. The number of carboxylic acids is 1. The van der Waals surface area contributed by atoms with Crippen LogP contribution in [-0.4, -0.2) is 26.5 Å². The number of benzene rings is 1.